The summed E-state index contributed by atoms with van der Waals surface area (Å²) in [4.78, 5) is 12.4. The lowest BCUT2D eigenvalue weighted by Gasteiger charge is -2.28. The van der Waals surface area contributed by atoms with Crippen LogP contribution in [0.2, 0.25) is 0 Å². The van der Waals surface area contributed by atoms with Crippen LogP contribution in [0.25, 0.3) is 6.08 Å². The van der Waals surface area contributed by atoms with Crippen LogP contribution in [0.3, 0.4) is 0 Å². The van der Waals surface area contributed by atoms with Gasteiger partial charge in [0, 0.05) is 16.7 Å². The fourth-order valence-corrected chi connectivity index (χ4v) is 2.87. The molecule has 0 saturated carbocycles. The quantitative estimate of drug-likeness (QED) is 0.767. The largest absolute Gasteiger partial charge is 0.507 e. The number of ether oxygens (including phenoxy) is 1. The maximum atomic E-state index is 12.4. The number of allylic oxidation sites excluding steroid dienone is 4. The predicted octanol–water partition coefficient (Wildman–Crippen LogP) is 5.04. The van der Waals surface area contributed by atoms with Crippen LogP contribution in [-0.2, 0) is 20.4 Å². The topological polar surface area (TPSA) is 46.5 Å². The Balaban J connectivity index is 2.63. The Morgan fingerprint density at radius 1 is 1.00 bits per heavy atom. The standard InChI is InChI=1S/C22H28O3/c1-21(2,3)16-12-14(13-17(20(16)24)22(4,5)6)11-15-9-8-10-18(25-7)19(15)23/h8-13,24H,1-7H3/b15-11+. The van der Waals surface area contributed by atoms with Gasteiger partial charge in [-0.2, -0.15) is 0 Å². The van der Waals surface area contributed by atoms with Crippen molar-refractivity contribution in [3.05, 3.63) is 58.4 Å². The van der Waals surface area contributed by atoms with Gasteiger partial charge in [0.05, 0.1) is 7.11 Å². The number of hydrogen-bond donors (Lipinski definition) is 1. The van der Waals surface area contributed by atoms with E-state index >= 15 is 0 Å². The number of carbonyl (C=O) groups is 1. The van der Waals surface area contributed by atoms with Gasteiger partial charge in [0.15, 0.2) is 5.76 Å². The van der Waals surface area contributed by atoms with E-state index in [1.54, 1.807) is 12.2 Å². The van der Waals surface area contributed by atoms with Crippen molar-refractivity contribution in [2.24, 2.45) is 0 Å². The van der Waals surface area contributed by atoms with Crippen molar-refractivity contribution in [1.82, 2.24) is 0 Å². The molecule has 1 aromatic carbocycles. The van der Waals surface area contributed by atoms with E-state index in [1.165, 1.54) is 7.11 Å². The third kappa shape index (κ3) is 4.04. The highest BCUT2D eigenvalue weighted by Crippen LogP contribution is 2.40. The molecule has 0 atom stereocenters. The van der Waals surface area contributed by atoms with Gasteiger partial charge >= 0.3 is 0 Å². The second-order valence-corrected chi connectivity index (χ2v) is 8.49. The molecule has 0 heterocycles. The van der Waals surface area contributed by atoms with Gasteiger partial charge in [-0.15, -0.1) is 0 Å². The van der Waals surface area contributed by atoms with Crippen LogP contribution in [0.15, 0.2) is 41.7 Å². The summed E-state index contributed by atoms with van der Waals surface area (Å²) in [6.45, 7) is 12.4. The van der Waals surface area contributed by atoms with Gasteiger partial charge < -0.3 is 9.84 Å². The monoisotopic (exact) mass is 340 g/mol. The van der Waals surface area contributed by atoms with Crippen molar-refractivity contribution in [3.8, 4) is 5.75 Å². The van der Waals surface area contributed by atoms with Crippen LogP contribution in [0.5, 0.6) is 5.75 Å². The second-order valence-electron chi connectivity index (χ2n) is 8.49. The van der Waals surface area contributed by atoms with E-state index in [0.29, 0.717) is 17.1 Å². The highest BCUT2D eigenvalue weighted by atomic mass is 16.5. The molecule has 134 valence electrons. The Morgan fingerprint density at radius 3 is 1.96 bits per heavy atom. The second kappa shape index (κ2) is 6.55. The predicted molar refractivity (Wildman–Crippen MR) is 103 cm³/mol. The molecule has 2 rings (SSSR count). The summed E-state index contributed by atoms with van der Waals surface area (Å²) in [6.07, 6.45) is 7.11. The molecule has 1 aliphatic rings. The molecule has 0 unspecified atom stereocenters. The Labute approximate surface area is 150 Å². The lowest BCUT2D eigenvalue weighted by atomic mass is 9.78. The van der Waals surface area contributed by atoms with Crippen LogP contribution in [0.1, 0.15) is 58.2 Å². The molecule has 0 aromatic heterocycles. The van der Waals surface area contributed by atoms with Crippen molar-refractivity contribution in [2.45, 2.75) is 52.4 Å². The van der Waals surface area contributed by atoms with Gasteiger partial charge in [0.25, 0.3) is 0 Å². The molecule has 0 amide bonds. The maximum absolute atomic E-state index is 12.4. The highest BCUT2D eigenvalue weighted by Gasteiger charge is 2.26. The number of hydrogen-bond acceptors (Lipinski definition) is 3. The number of rotatable bonds is 2. The Hall–Kier alpha value is -2.29. The Kier molecular flexibility index (Phi) is 4.99. The van der Waals surface area contributed by atoms with E-state index in [4.69, 9.17) is 4.74 Å². The number of ketones is 1. The van der Waals surface area contributed by atoms with Crippen molar-refractivity contribution < 1.29 is 14.6 Å². The maximum Gasteiger partial charge on any atom is 0.227 e. The highest BCUT2D eigenvalue weighted by molar-refractivity contribution is 6.12. The zero-order valence-electron chi connectivity index (χ0n) is 16.2. The normalized spacial score (nSPS) is 17.0. The molecule has 0 fully saturated rings. The first-order valence-corrected chi connectivity index (χ1v) is 8.52. The van der Waals surface area contributed by atoms with E-state index in [9.17, 15) is 9.90 Å². The molecule has 0 bridgehead atoms. The van der Waals surface area contributed by atoms with Crippen molar-refractivity contribution in [3.63, 3.8) is 0 Å². The van der Waals surface area contributed by atoms with Gasteiger partial charge in [-0.3, -0.25) is 4.79 Å². The molecule has 3 heteroatoms. The average molecular weight is 340 g/mol. The van der Waals surface area contributed by atoms with E-state index in [-0.39, 0.29) is 16.6 Å². The van der Waals surface area contributed by atoms with E-state index in [0.717, 1.165) is 16.7 Å². The summed E-state index contributed by atoms with van der Waals surface area (Å²) < 4.78 is 5.13. The number of benzene rings is 1. The van der Waals surface area contributed by atoms with Gasteiger partial charge in [-0.05, 0) is 40.7 Å². The Morgan fingerprint density at radius 2 is 1.52 bits per heavy atom. The molecule has 1 aliphatic carbocycles. The van der Waals surface area contributed by atoms with E-state index in [2.05, 4.69) is 41.5 Å². The van der Waals surface area contributed by atoms with Crippen molar-refractivity contribution >= 4 is 11.9 Å². The molecule has 0 aliphatic heterocycles. The van der Waals surface area contributed by atoms with Gasteiger partial charge in [0.1, 0.15) is 5.75 Å². The molecular formula is C22H28O3. The first-order chi connectivity index (χ1) is 11.4. The SMILES string of the molecule is COC1=CC=C/C(=C\c2cc(C(C)(C)C)c(O)c(C(C)(C)C)c2)C1=O. The molecule has 0 saturated heterocycles. The van der Waals surface area contributed by atoms with Crippen molar-refractivity contribution in [2.75, 3.05) is 7.11 Å². The van der Waals surface area contributed by atoms with E-state index in [1.807, 2.05) is 24.3 Å². The van der Waals surface area contributed by atoms with Crippen LogP contribution in [0.4, 0.5) is 0 Å². The third-order valence-corrected chi connectivity index (χ3v) is 4.30. The molecule has 3 nitrogen and oxygen atoms in total. The summed E-state index contributed by atoms with van der Waals surface area (Å²) in [5, 5.41) is 10.8. The molecule has 0 spiro atoms. The smallest absolute Gasteiger partial charge is 0.227 e. The third-order valence-electron chi connectivity index (χ3n) is 4.30. The number of Topliss-reactive ketones (excluding diaryl/α,β-unsaturated/α-hetero) is 1. The minimum Gasteiger partial charge on any atom is -0.507 e. The van der Waals surface area contributed by atoms with Crippen LogP contribution < -0.4 is 0 Å². The molecule has 25 heavy (non-hydrogen) atoms. The average Bonchev–Trinajstić information content (AvgIpc) is 2.48. The summed E-state index contributed by atoms with van der Waals surface area (Å²) in [6, 6.07) is 3.92. The van der Waals surface area contributed by atoms with Gasteiger partial charge in [0.2, 0.25) is 5.78 Å². The fraction of sp³-hybridized carbons (Fsp3) is 0.409. The van der Waals surface area contributed by atoms with Gasteiger partial charge in [-0.25, -0.2) is 0 Å². The molecule has 1 N–H and O–H groups in total. The first-order valence-electron chi connectivity index (χ1n) is 8.52. The lowest BCUT2D eigenvalue weighted by molar-refractivity contribution is -0.114. The summed E-state index contributed by atoms with van der Waals surface area (Å²) in [7, 11) is 1.50. The number of phenols is 1. The van der Waals surface area contributed by atoms with E-state index < -0.39 is 0 Å². The lowest BCUT2D eigenvalue weighted by Crippen LogP contribution is -2.17. The number of aromatic hydroxyl groups is 1. The minimum absolute atomic E-state index is 0.132. The van der Waals surface area contributed by atoms with Gasteiger partial charge in [-0.1, -0.05) is 53.7 Å². The zero-order chi connectivity index (χ0) is 19.0. The molecule has 1 aromatic rings. The number of carbonyl (C=O) groups excluding carboxylic acids is 1. The number of phenolic OH excluding ortho intramolecular Hbond substituents is 1. The van der Waals surface area contributed by atoms with Crippen LogP contribution >= 0.6 is 0 Å². The van der Waals surface area contributed by atoms with Crippen LogP contribution in [-0.4, -0.2) is 18.0 Å². The molecule has 0 radical (unpaired) electrons. The molecular weight excluding hydrogens is 312 g/mol. The summed E-state index contributed by atoms with van der Waals surface area (Å²) in [5.41, 5.74) is 2.82. The minimum atomic E-state index is -0.206. The number of methoxy groups -OCH3 is 1. The fourth-order valence-electron chi connectivity index (χ4n) is 2.87. The first kappa shape index (κ1) is 19.0. The van der Waals surface area contributed by atoms with Crippen molar-refractivity contribution in [1.29, 1.82) is 0 Å². The van der Waals surface area contributed by atoms with Crippen LogP contribution in [0, 0.1) is 0 Å². The Bertz CT molecular complexity index is 743. The zero-order valence-corrected chi connectivity index (χ0v) is 16.2. The summed E-state index contributed by atoms with van der Waals surface area (Å²) in [5.74, 6) is 0.539. The summed E-state index contributed by atoms with van der Waals surface area (Å²) >= 11 is 0.